The average Bonchev–Trinajstić information content (AvgIpc) is 3.10. The molecule has 0 aliphatic heterocycles. The van der Waals surface area contributed by atoms with Crippen LogP contribution in [0.25, 0.3) is 4.96 Å². The van der Waals surface area contributed by atoms with Crippen LogP contribution in [0.3, 0.4) is 0 Å². The molecule has 3 aromatic rings. The third-order valence-corrected chi connectivity index (χ3v) is 4.49. The summed E-state index contributed by atoms with van der Waals surface area (Å²) in [4.78, 5) is 7.85. The van der Waals surface area contributed by atoms with E-state index in [-0.39, 0.29) is 0 Å². The first-order valence-electron chi connectivity index (χ1n) is 8.18. The molecule has 0 fully saturated rings. The van der Waals surface area contributed by atoms with E-state index in [1.807, 2.05) is 48.0 Å². The molecule has 0 aliphatic carbocycles. The Morgan fingerprint density at radius 2 is 2.17 bits per heavy atom. The molecule has 1 aromatic carbocycles. The van der Waals surface area contributed by atoms with Gasteiger partial charge in [-0.25, -0.2) is 4.98 Å². The summed E-state index contributed by atoms with van der Waals surface area (Å²) in [5, 5.41) is 11.9. The standard InChI is InChI=1S/C18H23N3O2S/c1-3-23-17-7-5-4-6-15(17)11-20(10-14(2)22)12-16-13-21-8-9-24-18(21)19-16/h4-9,13-14,22H,3,10-12H2,1-2H3/t14-/m1/s1. The van der Waals surface area contributed by atoms with Gasteiger partial charge in [0.25, 0.3) is 0 Å². The number of hydrogen-bond acceptors (Lipinski definition) is 5. The maximum absolute atomic E-state index is 9.85. The smallest absolute Gasteiger partial charge is 0.193 e. The lowest BCUT2D eigenvalue weighted by atomic mass is 10.1. The van der Waals surface area contributed by atoms with Crippen molar-refractivity contribution in [3.8, 4) is 5.75 Å². The zero-order valence-corrected chi connectivity index (χ0v) is 14.9. The van der Waals surface area contributed by atoms with Crippen molar-refractivity contribution in [2.45, 2.75) is 33.0 Å². The van der Waals surface area contributed by atoms with Gasteiger partial charge < -0.3 is 9.84 Å². The maximum atomic E-state index is 9.85. The highest BCUT2D eigenvalue weighted by molar-refractivity contribution is 7.15. The van der Waals surface area contributed by atoms with E-state index in [1.54, 1.807) is 11.3 Å². The molecule has 24 heavy (non-hydrogen) atoms. The van der Waals surface area contributed by atoms with Gasteiger partial charge in [-0.15, -0.1) is 11.3 Å². The third-order valence-electron chi connectivity index (χ3n) is 3.72. The first-order chi connectivity index (χ1) is 11.7. The Labute approximate surface area is 146 Å². The normalized spacial score (nSPS) is 12.8. The van der Waals surface area contributed by atoms with E-state index in [1.165, 1.54) is 0 Å². The Bertz CT molecular complexity index is 753. The number of aliphatic hydroxyl groups excluding tert-OH is 1. The summed E-state index contributed by atoms with van der Waals surface area (Å²) in [5.74, 6) is 0.904. The Kier molecular flexibility index (Phi) is 5.50. The summed E-state index contributed by atoms with van der Waals surface area (Å²) in [6.45, 7) is 6.44. The highest BCUT2D eigenvalue weighted by Crippen LogP contribution is 2.21. The van der Waals surface area contributed by atoms with Crippen molar-refractivity contribution in [1.82, 2.24) is 14.3 Å². The highest BCUT2D eigenvalue weighted by atomic mass is 32.1. The lowest BCUT2D eigenvalue weighted by Crippen LogP contribution is -2.30. The lowest BCUT2D eigenvalue weighted by molar-refractivity contribution is 0.116. The van der Waals surface area contributed by atoms with E-state index in [0.717, 1.165) is 22.0 Å². The van der Waals surface area contributed by atoms with E-state index in [2.05, 4.69) is 22.1 Å². The van der Waals surface area contributed by atoms with Crippen LogP contribution in [0.15, 0.2) is 42.0 Å². The second kappa shape index (κ2) is 7.79. The largest absolute Gasteiger partial charge is 0.494 e. The highest BCUT2D eigenvalue weighted by Gasteiger charge is 2.14. The first-order valence-corrected chi connectivity index (χ1v) is 9.06. The minimum Gasteiger partial charge on any atom is -0.494 e. The Morgan fingerprint density at radius 3 is 2.92 bits per heavy atom. The van der Waals surface area contributed by atoms with Crippen molar-refractivity contribution in [2.75, 3.05) is 13.2 Å². The van der Waals surface area contributed by atoms with Crippen LogP contribution < -0.4 is 4.74 Å². The van der Waals surface area contributed by atoms with Gasteiger partial charge in [0.1, 0.15) is 5.75 Å². The number of aliphatic hydroxyl groups is 1. The van der Waals surface area contributed by atoms with Crippen molar-refractivity contribution in [1.29, 1.82) is 0 Å². The maximum Gasteiger partial charge on any atom is 0.193 e. The van der Waals surface area contributed by atoms with Gasteiger partial charge in [-0.3, -0.25) is 9.30 Å². The summed E-state index contributed by atoms with van der Waals surface area (Å²) >= 11 is 1.63. The van der Waals surface area contributed by atoms with E-state index < -0.39 is 6.10 Å². The van der Waals surface area contributed by atoms with Crippen LogP contribution in [0, 0.1) is 0 Å². The summed E-state index contributed by atoms with van der Waals surface area (Å²) in [5.41, 5.74) is 2.14. The molecule has 5 nitrogen and oxygen atoms in total. The summed E-state index contributed by atoms with van der Waals surface area (Å²) < 4.78 is 7.76. The number of imidazole rings is 1. The van der Waals surface area contributed by atoms with Gasteiger partial charge in [0.2, 0.25) is 0 Å². The number of rotatable bonds is 8. The molecule has 6 heteroatoms. The predicted octanol–water partition coefficient (Wildman–Crippen LogP) is 3.18. The van der Waals surface area contributed by atoms with Gasteiger partial charge >= 0.3 is 0 Å². The molecule has 2 aromatic heterocycles. The summed E-state index contributed by atoms with van der Waals surface area (Å²) in [7, 11) is 0. The molecule has 0 radical (unpaired) electrons. The van der Waals surface area contributed by atoms with Crippen LogP contribution in [0.5, 0.6) is 5.75 Å². The SMILES string of the molecule is CCOc1ccccc1CN(Cc1cn2ccsc2n1)C[C@@H](C)O. The van der Waals surface area contributed by atoms with Gasteiger partial charge in [0, 0.05) is 43.0 Å². The van der Waals surface area contributed by atoms with Crippen LogP contribution in [-0.4, -0.2) is 38.6 Å². The topological polar surface area (TPSA) is 50.0 Å². The fourth-order valence-electron chi connectivity index (χ4n) is 2.81. The molecule has 0 unspecified atom stereocenters. The Balaban J connectivity index is 1.77. The molecule has 1 atom stereocenters. The van der Waals surface area contributed by atoms with Gasteiger partial charge in [-0.1, -0.05) is 18.2 Å². The van der Waals surface area contributed by atoms with Crippen LogP contribution >= 0.6 is 11.3 Å². The number of fused-ring (bicyclic) bond motifs is 1. The van der Waals surface area contributed by atoms with Crippen molar-refractivity contribution >= 4 is 16.3 Å². The third kappa shape index (κ3) is 4.14. The van der Waals surface area contributed by atoms with E-state index in [4.69, 9.17) is 4.74 Å². The molecular weight excluding hydrogens is 322 g/mol. The zero-order valence-electron chi connectivity index (χ0n) is 14.1. The van der Waals surface area contributed by atoms with Crippen LogP contribution in [0.4, 0.5) is 0 Å². The molecule has 0 saturated carbocycles. The molecule has 0 saturated heterocycles. The van der Waals surface area contributed by atoms with Gasteiger partial charge in [0.05, 0.1) is 18.4 Å². The van der Waals surface area contributed by atoms with Crippen molar-refractivity contribution < 1.29 is 9.84 Å². The molecule has 3 rings (SSSR count). The fourth-order valence-corrected chi connectivity index (χ4v) is 3.53. The molecule has 0 bridgehead atoms. The van der Waals surface area contributed by atoms with Crippen LogP contribution in [0.1, 0.15) is 25.1 Å². The van der Waals surface area contributed by atoms with Crippen molar-refractivity contribution in [3.05, 3.63) is 53.3 Å². The van der Waals surface area contributed by atoms with Crippen LogP contribution in [0.2, 0.25) is 0 Å². The molecule has 128 valence electrons. The number of para-hydroxylation sites is 1. The van der Waals surface area contributed by atoms with Gasteiger partial charge in [-0.2, -0.15) is 0 Å². The Hall–Kier alpha value is -1.89. The number of ether oxygens (including phenoxy) is 1. The van der Waals surface area contributed by atoms with Crippen molar-refractivity contribution in [3.63, 3.8) is 0 Å². The van der Waals surface area contributed by atoms with E-state index in [9.17, 15) is 5.11 Å². The number of aromatic nitrogens is 2. The molecule has 0 aliphatic rings. The molecule has 1 N–H and O–H groups in total. The number of nitrogens with zero attached hydrogens (tertiary/aromatic N) is 3. The second-order valence-electron chi connectivity index (χ2n) is 5.88. The van der Waals surface area contributed by atoms with Crippen LogP contribution in [-0.2, 0) is 13.1 Å². The summed E-state index contributed by atoms with van der Waals surface area (Å²) in [6.07, 6.45) is 3.67. The van der Waals surface area contributed by atoms with E-state index >= 15 is 0 Å². The Morgan fingerprint density at radius 1 is 1.33 bits per heavy atom. The monoisotopic (exact) mass is 345 g/mol. The number of benzene rings is 1. The predicted molar refractivity (Wildman–Crippen MR) is 96.5 cm³/mol. The minimum atomic E-state index is -0.395. The number of hydrogen-bond donors (Lipinski definition) is 1. The molecule has 2 heterocycles. The number of thiazole rings is 1. The summed E-state index contributed by atoms with van der Waals surface area (Å²) in [6, 6.07) is 8.07. The zero-order chi connectivity index (χ0) is 16.9. The fraction of sp³-hybridized carbons (Fsp3) is 0.389. The minimum absolute atomic E-state index is 0.395. The quantitative estimate of drug-likeness (QED) is 0.681. The van der Waals surface area contributed by atoms with Gasteiger partial charge in [0.15, 0.2) is 4.96 Å². The van der Waals surface area contributed by atoms with E-state index in [0.29, 0.717) is 26.2 Å². The second-order valence-corrected chi connectivity index (χ2v) is 6.76. The molecule has 0 spiro atoms. The first kappa shape index (κ1) is 17.0. The lowest BCUT2D eigenvalue weighted by Gasteiger charge is -2.24. The van der Waals surface area contributed by atoms with Crippen molar-refractivity contribution in [2.24, 2.45) is 0 Å². The molecule has 0 amide bonds. The van der Waals surface area contributed by atoms with Gasteiger partial charge in [-0.05, 0) is 19.9 Å². The molecular formula is C18H23N3O2S. The average molecular weight is 345 g/mol.